The monoisotopic (exact) mass is 229 g/mol. The summed E-state index contributed by atoms with van der Waals surface area (Å²) in [4.78, 5) is 15.2. The molecule has 88 valence electrons. The normalized spacial score (nSPS) is 24.2. The van der Waals surface area contributed by atoms with E-state index in [-0.39, 0.29) is 18.0 Å². The third-order valence-electron chi connectivity index (χ3n) is 3.46. The molecule has 1 fully saturated rings. The van der Waals surface area contributed by atoms with Crippen LogP contribution in [-0.2, 0) is 9.53 Å². The molecule has 0 spiro atoms. The fourth-order valence-electron chi connectivity index (χ4n) is 2.74. The van der Waals surface area contributed by atoms with E-state index in [1.165, 1.54) is 0 Å². The Morgan fingerprint density at radius 1 is 1.35 bits per heavy atom. The average molecular weight is 229 g/mol. The van der Waals surface area contributed by atoms with E-state index in [4.69, 9.17) is 4.74 Å². The largest absolute Gasteiger partial charge is 0.462 e. The van der Waals surface area contributed by atoms with Crippen molar-refractivity contribution >= 4 is 16.9 Å². The van der Waals surface area contributed by atoms with Crippen LogP contribution < -0.4 is 0 Å². The van der Waals surface area contributed by atoms with Crippen LogP contribution in [-0.4, -0.2) is 17.1 Å². The molecule has 1 N–H and O–H groups in total. The molecule has 1 aromatic heterocycles. The van der Waals surface area contributed by atoms with Gasteiger partial charge in [-0.1, -0.05) is 18.2 Å². The second-order valence-electron chi connectivity index (χ2n) is 4.75. The van der Waals surface area contributed by atoms with Gasteiger partial charge in [-0.25, -0.2) is 0 Å². The first-order chi connectivity index (χ1) is 8.16. The number of rotatable bonds is 1. The highest BCUT2D eigenvalue weighted by molar-refractivity contribution is 5.92. The number of aromatic amines is 1. The van der Waals surface area contributed by atoms with E-state index in [2.05, 4.69) is 11.1 Å². The Balaban J connectivity index is 2.17. The molecule has 3 nitrogen and oxygen atoms in total. The minimum absolute atomic E-state index is 0.0283. The second kappa shape index (κ2) is 3.62. The molecule has 0 aliphatic carbocycles. The van der Waals surface area contributed by atoms with Gasteiger partial charge >= 0.3 is 5.97 Å². The number of aryl methyl sites for hydroxylation is 1. The van der Waals surface area contributed by atoms with Gasteiger partial charge in [-0.15, -0.1) is 0 Å². The standard InChI is InChI=1S/C14H15NO2/c1-8-7-11(14(16)17-8)13-9(2)15-12-6-4-3-5-10(12)13/h3-6,8,11,15H,7H2,1-2H3. The maximum atomic E-state index is 11.8. The summed E-state index contributed by atoms with van der Waals surface area (Å²) in [6.07, 6.45) is 0.808. The number of para-hydroxylation sites is 1. The van der Waals surface area contributed by atoms with Gasteiger partial charge in [0, 0.05) is 23.0 Å². The molecule has 0 amide bonds. The minimum atomic E-state index is -0.110. The number of hydrogen-bond donors (Lipinski definition) is 1. The molecule has 1 aromatic carbocycles. The van der Waals surface area contributed by atoms with Crippen LogP contribution in [0.25, 0.3) is 10.9 Å². The molecular formula is C14H15NO2. The van der Waals surface area contributed by atoms with Gasteiger partial charge in [-0.05, 0) is 25.5 Å². The highest BCUT2D eigenvalue weighted by Gasteiger charge is 2.35. The number of carbonyl (C=O) groups excluding carboxylic acids is 1. The molecule has 0 saturated carbocycles. The Morgan fingerprint density at radius 2 is 2.12 bits per heavy atom. The molecular weight excluding hydrogens is 214 g/mol. The molecule has 2 unspecified atom stereocenters. The summed E-state index contributed by atoms with van der Waals surface area (Å²) in [5.41, 5.74) is 3.27. The number of hydrogen-bond acceptors (Lipinski definition) is 2. The fraction of sp³-hybridized carbons (Fsp3) is 0.357. The van der Waals surface area contributed by atoms with Crippen LogP contribution in [0.3, 0.4) is 0 Å². The molecule has 1 aliphatic heterocycles. The quantitative estimate of drug-likeness (QED) is 0.764. The number of benzene rings is 1. The van der Waals surface area contributed by atoms with Crippen LogP contribution in [0.1, 0.15) is 30.5 Å². The van der Waals surface area contributed by atoms with Crippen molar-refractivity contribution in [3.63, 3.8) is 0 Å². The number of esters is 1. The Hall–Kier alpha value is -1.77. The maximum Gasteiger partial charge on any atom is 0.313 e. The van der Waals surface area contributed by atoms with Crippen LogP contribution >= 0.6 is 0 Å². The highest BCUT2D eigenvalue weighted by atomic mass is 16.5. The van der Waals surface area contributed by atoms with Gasteiger partial charge in [-0.3, -0.25) is 4.79 Å². The Bertz CT molecular complexity index is 585. The summed E-state index contributed by atoms with van der Waals surface area (Å²) < 4.78 is 5.25. The zero-order chi connectivity index (χ0) is 12.0. The molecule has 0 radical (unpaired) electrons. The predicted octanol–water partition coefficient (Wildman–Crippen LogP) is 2.90. The third-order valence-corrected chi connectivity index (χ3v) is 3.46. The van der Waals surface area contributed by atoms with Crippen molar-refractivity contribution in [2.45, 2.75) is 32.3 Å². The van der Waals surface area contributed by atoms with E-state index in [0.717, 1.165) is 28.6 Å². The van der Waals surface area contributed by atoms with Gasteiger partial charge in [0.1, 0.15) is 6.10 Å². The molecule has 0 bridgehead atoms. The van der Waals surface area contributed by atoms with E-state index in [0.29, 0.717) is 0 Å². The number of carbonyl (C=O) groups is 1. The first kappa shape index (κ1) is 10.4. The third kappa shape index (κ3) is 1.54. The number of fused-ring (bicyclic) bond motifs is 1. The fourth-order valence-corrected chi connectivity index (χ4v) is 2.74. The maximum absolute atomic E-state index is 11.8. The lowest BCUT2D eigenvalue weighted by Gasteiger charge is -2.05. The average Bonchev–Trinajstić information content (AvgIpc) is 2.77. The molecule has 2 aromatic rings. The number of aromatic nitrogens is 1. The van der Waals surface area contributed by atoms with Crippen molar-refractivity contribution in [2.75, 3.05) is 0 Å². The Labute approximate surface area is 99.8 Å². The second-order valence-corrected chi connectivity index (χ2v) is 4.75. The van der Waals surface area contributed by atoms with Gasteiger partial charge in [0.05, 0.1) is 5.92 Å². The van der Waals surface area contributed by atoms with Gasteiger partial charge in [0.2, 0.25) is 0 Å². The summed E-state index contributed by atoms with van der Waals surface area (Å²) in [6.45, 7) is 3.97. The number of nitrogens with one attached hydrogen (secondary N) is 1. The molecule has 3 rings (SSSR count). The topological polar surface area (TPSA) is 42.1 Å². The van der Waals surface area contributed by atoms with Crippen molar-refractivity contribution < 1.29 is 9.53 Å². The van der Waals surface area contributed by atoms with Crippen molar-refractivity contribution in [3.05, 3.63) is 35.5 Å². The first-order valence-corrected chi connectivity index (χ1v) is 5.94. The number of H-pyrrole nitrogens is 1. The van der Waals surface area contributed by atoms with Crippen molar-refractivity contribution in [2.24, 2.45) is 0 Å². The van der Waals surface area contributed by atoms with Gasteiger partial charge in [-0.2, -0.15) is 0 Å². The van der Waals surface area contributed by atoms with E-state index >= 15 is 0 Å². The highest BCUT2D eigenvalue weighted by Crippen LogP contribution is 2.36. The lowest BCUT2D eigenvalue weighted by molar-refractivity contribution is -0.141. The van der Waals surface area contributed by atoms with E-state index < -0.39 is 0 Å². The van der Waals surface area contributed by atoms with Crippen LogP contribution in [0.2, 0.25) is 0 Å². The summed E-state index contributed by atoms with van der Waals surface area (Å²) in [5.74, 6) is -0.202. The van der Waals surface area contributed by atoms with Crippen LogP contribution in [0.5, 0.6) is 0 Å². The molecule has 2 atom stereocenters. The lowest BCUT2D eigenvalue weighted by atomic mass is 9.93. The molecule has 1 saturated heterocycles. The van der Waals surface area contributed by atoms with Gasteiger partial charge in [0.15, 0.2) is 0 Å². The lowest BCUT2D eigenvalue weighted by Crippen LogP contribution is -2.06. The summed E-state index contributed by atoms with van der Waals surface area (Å²) >= 11 is 0. The smallest absolute Gasteiger partial charge is 0.313 e. The summed E-state index contributed by atoms with van der Waals surface area (Å²) in [6, 6.07) is 8.10. The first-order valence-electron chi connectivity index (χ1n) is 5.94. The Kier molecular flexibility index (Phi) is 2.21. The molecule has 2 heterocycles. The van der Waals surface area contributed by atoms with Crippen LogP contribution in [0.15, 0.2) is 24.3 Å². The molecule has 3 heteroatoms. The van der Waals surface area contributed by atoms with E-state index in [9.17, 15) is 4.79 Å². The summed E-state index contributed by atoms with van der Waals surface area (Å²) in [5, 5.41) is 1.14. The minimum Gasteiger partial charge on any atom is -0.462 e. The van der Waals surface area contributed by atoms with Crippen molar-refractivity contribution in [1.82, 2.24) is 4.98 Å². The van der Waals surface area contributed by atoms with E-state index in [1.807, 2.05) is 32.0 Å². The number of cyclic esters (lactones) is 1. The van der Waals surface area contributed by atoms with Gasteiger partial charge < -0.3 is 9.72 Å². The zero-order valence-corrected chi connectivity index (χ0v) is 9.99. The predicted molar refractivity (Wildman–Crippen MR) is 65.9 cm³/mol. The zero-order valence-electron chi connectivity index (χ0n) is 9.99. The molecule has 1 aliphatic rings. The van der Waals surface area contributed by atoms with Gasteiger partial charge in [0.25, 0.3) is 0 Å². The van der Waals surface area contributed by atoms with Crippen LogP contribution in [0.4, 0.5) is 0 Å². The number of ether oxygens (including phenoxy) is 1. The van der Waals surface area contributed by atoms with Crippen LogP contribution in [0, 0.1) is 6.92 Å². The van der Waals surface area contributed by atoms with Crippen molar-refractivity contribution in [1.29, 1.82) is 0 Å². The Morgan fingerprint density at radius 3 is 2.82 bits per heavy atom. The molecule has 17 heavy (non-hydrogen) atoms. The SMILES string of the molecule is Cc1[nH]c2ccccc2c1C1CC(C)OC1=O. The van der Waals surface area contributed by atoms with E-state index in [1.54, 1.807) is 0 Å². The summed E-state index contributed by atoms with van der Waals surface area (Å²) in [7, 11) is 0. The van der Waals surface area contributed by atoms with Crippen molar-refractivity contribution in [3.8, 4) is 0 Å².